The highest BCUT2D eigenvalue weighted by Crippen LogP contribution is 2.44. The Hall–Kier alpha value is -3.35. The van der Waals surface area contributed by atoms with E-state index in [1.807, 2.05) is 50.2 Å². The third kappa shape index (κ3) is 6.12. The Bertz CT molecular complexity index is 985. The van der Waals surface area contributed by atoms with Crippen LogP contribution in [0.1, 0.15) is 57.6 Å². The summed E-state index contributed by atoms with van der Waals surface area (Å²) in [4.78, 5) is 36.3. The molecule has 1 atom stereocenters. The van der Waals surface area contributed by atoms with Gasteiger partial charge in [-0.1, -0.05) is 62.4 Å². The van der Waals surface area contributed by atoms with E-state index >= 15 is 0 Å². The smallest absolute Gasteiger partial charge is 0.407 e. The predicted molar refractivity (Wildman–Crippen MR) is 126 cm³/mol. The molecule has 2 aromatic carbocycles. The molecule has 0 fully saturated rings. The molecule has 3 rings (SSSR count). The molecule has 0 aromatic heterocycles. The van der Waals surface area contributed by atoms with E-state index in [1.165, 1.54) is 0 Å². The average molecular weight is 453 g/mol. The number of aliphatic carboxylic acids is 1. The van der Waals surface area contributed by atoms with Crippen molar-refractivity contribution in [3.8, 4) is 11.1 Å². The van der Waals surface area contributed by atoms with Crippen LogP contribution in [0.25, 0.3) is 11.1 Å². The fourth-order valence-electron chi connectivity index (χ4n) is 4.29. The van der Waals surface area contributed by atoms with Crippen molar-refractivity contribution in [2.24, 2.45) is 5.92 Å². The standard InChI is InChI=1S/C26H32N2O5/c1-16(2)13-22(24(30)31)27-23(29)14-26(3,4)28-25(32)33-15-21-19-11-7-5-9-17(19)18-10-6-8-12-20(18)21/h5-12,16,21-22H,13-15H2,1-4H3,(H,27,29)(H,28,32)(H,30,31). The van der Waals surface area contributed by atoms with E-state index in [2.05, 4.69) is 22.8 Å². The molecule has 1 aliphatic carbocycles. The van der Waals surface area contributed by atoms with Crippen molar-refractivity contribution >= 4 is 18.0 Å². The van der Waals surface area contributed by atoms with Crippen LogP contribution in [0.2, 0.25) is 0 Å². The molecule has 2 amide bonds. The van der Waals surface area contributed by atoms with Crippen molar-refractivity contribution in [3.05, 3.63) is 59.7 Å². The molecule has 7 heteroatoms. The summed E-state index contributed by atoms with van der Waals surface area (Å²) in [5.74, 6) is -1.44. The maximum absolute atomic E-state index is 12.5. The van der Waals surface area contributed by atoms with E-state index in [9.17, 15) is 19.5 Å². The zero-order valence-corrected chi connectivity index (χ0v) is 19.6. The van der Waals surface area contributed by atoms with Crippen molar-refractivity contribution in [2.75, 3.05) is 6.61 Å². The minimum absolute atomic E-state index is 0.0538. The lowest BCUT2D eigenvalue weighted by atomic mass is 9.98. The number of amides is 2. The maximum atomic E-state index is 12.5. The van der Waals surface area contributed by atoms with Crippen LogP contribution in [-0.4, -0.2) is 41.3 Å². The number of hydrogen-bond donors (Lipinski definition) is 3. The van der Waals surface area contributed by atoms with Crippen LogP contribution >= 0.6 is 0 Å². The number of fused-ring (bicyclic) bond motifs is 3. The third-order valence-corrected chi connectivity index (χ3v) is 5.73. The number of benzene rings is 2. The van der Waals surface area contributed by atoms with Gasteiger partial charge in [-0.3, -0.25) is 4.79 Å². The van der Waals surface area contributed by atoms with Gasteiger partial charge >= 0.3 is 12.1 Å². The molecule has 3 N–H and O–H groups in total. The average Bonchev–Trinajstić information content (AvgIpc) is 3.04. The molecular formula is C26H32N2O5. The molecule has 0 saturated heterocycles. The third-order valence-electron chi connectivity index (χ3n) is 5.73. The molecule has 7 nitrogen and oxygen atoms in total. The summed E-state index contributed by atoms with van der Waals surface area (Å²) in [5.41, 5.74) is 3.63. The number of ether oxygens (including phenoxy) is 1. The Kier molecular flexibility index (Phi) is 7.41. The van der Waals surface area contributed by atoms with E-state index < -0.39 is 29.6 Å². The molecule has 0 aliphatic heterocycles. The van der Waals surface area contributed by atoms with Gasteiger partial charge in [-0.25, -0.2) is 9.59 Å². The fraction of sp³-hybridized carbons (Fsp3) is 0.423. The number of nitrogens with one attached hydrogen (secondary N) is 2. The molecule has 0 bridgehead atoms. The number of alkyl carbamates (subject to hydrolysis) is 1. The van der Waals surface area contributed by atoms with Gasteiger partial charge in [-0.2, -0.15) is 0 Å². The van der Waals surface area contributed by atoms with Crippen LogP contribution in [0, 0.1) is 5.92 Å². The first-order chi connectivity index (χ1) is 15.6. The molecule has 33 heavy (non-hydrogen) atoms. The predicted octanol–water partition coefficient (Wildman–Crippen LogP) is 4.31. The van der Waals surface area contributed by atoms with E-state index in [-0.39, 0.29) is 24.9 Å². The monoisotopic (exact) mass is 452 g/mol. The summed E-state index contributed by atoms with van der Waals surface area (Å²) in [5, 5.41) is 14.6. The molecule has 0 saturated carbocycles. The molecule has 1 aliphatic rings. The van der Waals surface area contributed by atoms with Crippen LogP contribution in [0.15, 0.2) is 48.5 Å². The molecule has 0 radical (unpaired) electrons. The Morgan fingerprint density at radius 3 is 2.06 bits per heavy atom. The number of hydrogen-bond acceptors (Lipinski definition) is 4. The highest BCUT2D eigenvalue weighted by Gasteiger charge is 2.31. The van der Waals surface area contributed by atoms with Crippen LogP contribution < -0.4 is 10.6 Å². The Balaban J connectivity index is 1.57. The van der Waals surface area contributed by atoms with Crippen molar-refractivity contribution in [1.82, 2.24) is 10.6 Å². The molecule has 0 spiro atoms. The highest BCUT2D eigenvalue weighted by molar-refractivity contribution is 5.84. The van der Waals surface area contributed by atoms with Gasteiger partial charge in [0, 0.05) is 17.9 Å². The van der Waals surface area contributed by atoms with Gasteiger partial charge in [0.1, 0.15) is 12.6 Å². The molecule has 1 unspecified atom stereocenters. The first-order valence-corrected chi connectivity index (χ1v) is 11.2. The summed E-state index contributed by atoms with van der Waals surface area (Å²) < 4.78 is 5.55. The van der Waals surface area contributed by atoms with E-state index in [0.717, 1.165) is 22.3 Å². The molecule has 2 aromatic rings. The van der Waals surface area contributed by atoms with Crippen molar-refractivity contribution < 1.29 is 24.2 Å². The zero-order valence-electron chi connectivity index (χ0n) is 19.6. The second-order valence-corrected chi connectivity index (χ2v) is 9.60. The van der Waals surface area contributed by atoms with Crippen LogP contribution in [0.3, 0.4) is 0 Å². The van der Waals surface area contributed by atoms with Gasteiger partial charge in [0.15, 0.2) is 0 Å². The summed E-state index contributed by atoms with van der Waals surface area (Å²) in [6.07, 6.45) is -0.355. The van der Waals surface area contributed by atoms with Gasteiger partial charge in [-0.15, -0.1) is 0 Å². The van der Waals surface area contributed by atoms with Gasteiger partial charge in [0.05, 0.1) is 0 Å². The number of carbonyl (C=O) groups excluding carboxylic acids is 2. The topological polar surface area (TPSA) is 105 Å². The number of rotatable bonds is 9. The Morgan fingerprint density at radius 1 is 1.00 bits per heavy atom. The SMILES string of the molecule is CC(C)CC(NC(=O)CC(C)(C)NC(=O)OCC1c2ccccc2-c2ccccc21)C(=O)O. The molecular weight excluding hydrogens is 420 g/mol. The lowest BCUT2D eigenvalue weighted by molar-refractivity contribution is -0.142. The van der Waals surface area contributed by atoms with Crippen molar-refractivity contribution in [2.45, 2.75) is 58.0 Å². The van der Waals surface area contributed by atoms with E-state index in [0.29, 0.717) is 6.42 Å². The van der Waals surface area contributed by atoms with Gasteiger partial charge < -0.3 is 20.5 Å². The summed E-state index contributed by atoms with van der Waals surface area (Å²) in [6, 6.07) is 15.2. The van der Waals surface area contributed by atoms with Gasteiger partial charge in [-0.05, 0) is 48.4 Å². The van der Waals surface area contributed by atoms with E-state index in [4.69, 9.17) is 4.74 Å². The van der Waals surface area contributed by atoms with Gasteiger partial charge in [0.2, 0.25) is 5.91 Å². The van der Waals surface area contributed by atoms with E-state index in [1.54, 1.807) is 13.8 Å². The normalized spacial score (nSPS) is 13.7. The zero-order chi connectivity index (χ0) is 24.2. The lowest BCUT2D eigenvalue weighted by Gasteiger charge is -2.27. The molecule has 176 valence electrons. The number of carboxylic acids is 1. The summed E-state index contributed by atoms with van der Waals surface area (Å²) >= 11 is 0. The minimum Gasteiger partial charge on any atom is -0.480 e. The van der Waals surface area contributed by atoms with Crippen LogP contribution in [0.5, 0.6) is 0 Å². The summed E-state index contributed by atoms with van der Waals surface area (Å²) in [6.45, 7) is 7.37. The Labute approximate surface area is 194 Å². The highest BCUT2D eigenvalue weighted by atomic mass is 16.5. The number of carbonyl (C=O) groups is 3. The first kappa shape index (κ1) is 24.3. The second-order valence-electron chi connectivity index (χ2n) is 9.60. The van der Waals surface area contributed by atoms with Gasteiger partial charge in [0.25, 0.3) is 0 Å². The fourth-order valence-corrected chi connectivity index (χ4v) is 4.29. The van der Waals surface area contributed by atoms with Crippen LogP contribution in [-0.2, 0) is 14.3 Å². The molecule has 0 heterocycles. The quantitative estimate of drug-likeness (QED) is 0.526. The Morgan fingerprint density at radius 2 is 1.55 bits per heavy atom. The summed E-state index contributed by atoms with van der Waals surface area (Å²) in [7, 11) is 0. The lowest BCUT2D eigenvalue weighted by Crippen LogP contribution is -2.49. The van der Waals surface area contributed by atoms with Crippen molar-refractivity contribution in [3.63, 3.8) is 0 Å². The maximum Gasteiger partial charge on any atom is 0.407 e. The first-order valence-electron chi connectivity index (χ1n) is 11.2. The second kappa shape index (κ2) is 10.1. The van der Waals surface area contributed by atoms with Crippen molar-refractivity contribution in [1.29, 1.82) is 0 Å². The largest absolute Gasteiger partial charge is 0.480 e. The number of carboxylic acid groups (broad SMARTS) is 1. The van der Waals surface area contributed by atoms with Crippen LogP contribution in [0.4, 0.5) is 4.79 Å². The minimum atomic E-state index is -1.07.